The summed E-state index contributed by atoms with van der Waals surface area (Å²) in [5.41, 5.74) is 0.0176. The summed E-state index contributed by atoms with van der Waals surface area (Å²) < 4.78 is 4.79. The van der Waals surface area contributed by atoms with Crippen LogP contribution < -0.4 is 5.56 Å². The van der Waals surface area contributed by atoms with E-state index in [9.17, 15) is 9.59 Å². The Balaban J connectivity index is 3.12. The number of rotatable bonds is 4. The monoisotopic (exact) mass is 209 g/mol. The number of ether oxygens (including phenoxy) is 1. The van der Waals surface area contributed by atoms with Gasteiger partial charge in [-0.1, -0.05) is 13.3 Å². The van der Waals surface area contributed by atoms with E-state index in [0.717, 1.165) is 6.42 Å². The Bertz CT molecular complexity index is 398. The van der Waals surface area contributed by atoms with Crippen molar-refractivity contribution in [1.29, 1.82) is 0 Å². The summed E-state index contributed by atoms with van der Waals surface area (Å²) in [5.74, 6) is -0.610. The Morgan fingerprint density at radius 2 is 2.27 bits per heavy atom. The van der Waals surface area contributed by atoms with Gasteiger partial charge in [0.25, 0.3) is 5.56 Å². The summed E-state index contributed by atoms with van der Waals surface area (Å²) in [6, 6.07) is 0. The number of aromatic amines is 1. The van der Waals surface area contributed by atoms with Gasteiger partial charge in [-0.25, -0.2) is 9.89 Å². The molecule has 1 radical (unpaired) electrons. The van der Waals surface area contributed by atoms with Crippen LogP contribution in [0, 0.1) is 6.20 Å². The van der Waals surface area contributed by atoms with E-state index in [4.69, 9.17) is 4.74 Å². The van der Waals surface area contributed by atoms with Gasteiger partial charge in [0.1, 0.15) is 11.8 Å². The molecule has 5 nitrogen and oxygen atoms in total. The molecule has 0 fully saturated rings. The molecule has 0 atom stereocenters. The standard InChI is InChI=1S/C10H13N2O3/c1-3-5-7-6-11-12-9(13)8(7)10(14)15-4-2/h3-5H2,1-2H3,(H,12,13). The molecule has 0 saturated carbocycles. The fourth-order valence-corrected chi connectivity index (χ4v) is 1.25. The van der Waals surface area contributed by atoms with Crippen molar-refractivity contribution in [2.24, 2.45) is 0 Å². The van der Waals surface area contributed by atoms with Crippen molar-refractivity contribution >= 4 is 5.97 Å². The number of nitrogens with one attached hydrogen (secondary N) is 1. The van der Waals surface area contributed by atoms with Crippen LogP contribution in [0.4, 0.5) is 0 Å². The third kappa shape index (κ3) is 2.65. The van der Waals surface area contributed by atoms with Crippen molar-refractivity contribution in [2.75, 3.05) is 6.61 Å². The molecule has 1 rings (SSSR count). The summed E-state index contributed by atoms with van der Waals surface area (Å²) >= 11 is 0. The van der Waals surface area contributed by atoms with Crippen LogP contribution in [0.2, 0.25) is 0 Å². The first-order valence-corrected chi connectivity index (χ1v) is 4.87. The maximum atomic E-state index is 11.5. The van der Waals surface area contributed by atoms with Crippen LogP contribution in [-0.2, 0) is 11.2 Å². The van der Waals surface area contributed by atoms with Gasteiger partial charge in [0, 0.05) is 5.56 Å². The van der Waals surface area contributed by atoms with Crippen molar-refractivity contribution < 1.29 is 9.53 Å². The van der Waals surface area contributed by atoms with E-state index in [-0.39, 0.29) is 12.2 Å². The maximum Gasteiger partial charge on any atom is 0.344 e. The molecule has 1 aromatic rings. The average Bonchev–Trinajstić information content (AvgIpc) is 2.18. The quantitative estimate of drug-likeness (QED) is 0.741. The molecular weight excluding hydrogens is 196 g/mol. The number of carbonyl (C=O) groups excluding carboxylic acids is 1. The Morgan fingerprint density at radius 1 is 1.53 bits per heavy atom. The van der Waals surface area contributed by atoms with Gasteiger partial charge in [0.2, 0.25) is 0 Å². The van der Waals surface area contributed by atoms with Gasteiger partial charge in [-0.05, 0) is 13.3 Å². The lowest BCUT2D eigenvalue weighted by Gasteiger charge is -2.04. The second-order valence-electron chi connectivity index (χ2n) is 2.99. The first-order chi connectivity index (χ1) is 7.20. The van der Waals surface area contributed by atoms with E-state index < -0.39 is 11.5 Å². The minimum atomic E-state index is -0.610. The van der Waals surface area contributed by atoms with Crippen molar-refractivity contribution in [3.8, 4) is 0 Å². The molecule has 81 valence electrons. The highest BCUT2D eigenvalue weighted by molar-refractivity contribution is 5.90. The summed E-state index contributed by atoms with van der Waals surface area (Å²) in [4.78, 5) is 22.9. The highest BCUT2D eigenvalue weighted by Crippen LogP contribution is 2.05. The molecule has 15 heavy (non-hydrogen) atoms. The van der Waals surface area contributed by atoms with E-state index >= 15 is 0 Å². The fourth-order valence-electron chi connectivity index (χ4n) is 1.25. The fraction of sp³-hybridized carbons (Fsp3) is 0.500. The summed E-state index contributed by atoms with van der Waals surface area (Å²) in [6.45, 7) is 3.88. The largest absolute Gasteiger partial charge is 0.462 e. The van der Waals surface area contributed by atoms with Gasteiger partial charge in [-0.15, -0.1) is 0 Å². The topological polar surface area (TPSA) is 72.0 Å². The highest BCUT2D eigenvalue weighted by atomic mass is 16.5. The third-order valence-corrected chi connectivity index (χ3v) is 1.86. The van der Waals surface area contributed by atoms with Crippen LogP contribution >= 0.6 is 0 Å². The van der Waals surface area contributed by atoms with Crippen LogP contribution in [0.5, 0.6) is 0 Å². The number of carbonyl (C=O) groups is 1. The normalized spacial score (nSPS) is 10.0. The summed E-state index contributed by atoms with van der Waals surface area (Å²) in [7, 11) is 0. The van der Waals surface area contributed by atoms with Crippen LogP contribution in [0.25, 0.3) is 0 Å². The molecule has 0 aliphatic rings. The maximum absolute atomic E-state index is 11.5. The van der Waals surface area contributed by atoms with Gasteiger partial charge < -0.3 is 4.74 Å². The molecule has 0 aromatic carbocycles. The summed E-state index contributed by atoms with van der Waals surface area (Å²) in [6.07, 6.45) is 4.01. The van der Waals surface area contributed by atoms with E-state index in [2.05, 4.69) is 16.4 Å². The average molecular weight is 209 g/mol. The zero-order valence-corrected chi connectivity index (χ0v) is 8.79. The molecule has 1 N–H and O–H groups in total. The van der Waals surface area contributed by atoms with Gasteiger partial charge in [0.15, 0.2) is 0 Å². The molecule has 1 heterocycles. The van der Waals surface area contributed by atoms with Gasteiger partial charge in [-0.3, -0.25) is 4.79 Å². The second-order valence-corrected chi connectivity index (χ2v) is 2.99. The molecule has 0 unspecified atom stereocenters. The minimum Gasteiger partial charge on any atom is -0.462 e. The van der Waals surface area contributed by atoms with Crippen molar-refractivity contribution in [3.05, 3.63) is 27.7 Å². The number of esters is 1. The van der Waals surface area contributed by atoms with Gasteiger partial charge in [-0.2, -0.15) is 5.10 Å². The minimum absolute atomic E-state index is 0.0219. The van der Waals surface area contributed by atoms with Crippen molar-refractivity contribution in [2.45, 2.75) is 26.7 Å². The lowest BCUT2D eigenvalue weighted by atomic mass is 10.1. The molecule has 0 amide bonds. The molecular formula is C10H13N2O3. The predicted molar refractivity (Wildman–Crippen MR) is 53.6 cm³/mol. The number of H-pyrrole nitrogens is 1. The van der Waals surface area contributed by atoms with Crippen molar-refractivity contribution in [1.82, 2.24) is 10.2 Å². The number of hydrogen-bond donors (Lipinski definition) is 1. The second kappa shape index (κ2) is 5.29. The molecule has 0 spiro atoms. The van der Waals surface area contributed by atoms with Crippen LogP contribution in [0.15, 0.2) is 4.79 Å². The first kappa shape index (κ1) is 11.4. The summed E-state index contributed by atoms with van der Waals surface area (Å²) in [5, 5.41) is 5.71. The van der Waals surface area contributed by atoms with Crippen molar-refractivity contribution in [3.63, 3.8) is 0 Å². The zero-order valence-electron chi connectivity index (χ0n) is 8.79. The third-order valence-electron chi connectivity index (χ3n) is 1.86. The van der Waals surface area contributed by atoms with Crippen LogP contribution in [0.1, 0.15) is 36.2 Å². The molecule has 1 aromatic heterocycles. The van der Waals surface area contributed by atoms with E-state index in [1.807, 2.05) is 6.92 Å². The molecule has 0 aliphatic heterocycles. The lowest BCUT2D eigenvalue weighted by Crippen LogP contribution is -2.23. The Kier molecular flexibility index (Phi) is 4.03. The van der Waals surface area contributed by atoms with Crippen LogP contribution in [-0.4, -0.2) is 22.8 Å². The van der Waals surface area contributed by atoms with E-state index in [1.54, 1.807) is 6.92 Å². The van der Waals surface area contributed by atoms with E-state index in [0.29, 0.717) is 12.0 Å². The number of nitrogens with zero attached hydrogens (tertiary/aromatic N) is 1. The predicted octanol–water partition coefficient (Wildman–Crippen LogP) is 0.699. The number of aromatic nitrogens is 2. The van der Waals surface area contributed by atoms with E-state index in [1.165, 1.54) is 0 Å². The molecule has 0 aliphatic carbocycles. The molecule has 0 saturated heterocycles. The van der Waals surface area contributed by atoms with Crippen LogP contribution in [0.3, 0.4) is 0 Å². The van der Waals surface area contributed by atoms with Gasteiger partial charge in [0.05, 0.1) is 6.61 Å². The number of hydrogen-bond acceptors (Lipinski definition) is 4. The first-order valence-electron chi connectivity index (χ1n) is 4.87. The molecule has 5 heteroatoms. The smallest absolute Gasteiger partial charge is 0.344 e. The zero-order chi connectivity index (χ0) is 11.3. The Morgan fingerprint density at radius 3 is 2.87 bits per heavy atom. The Hall–Kier alpha value is -1.65. The SMILES string of the molecule is CCCc1[c]n[nH]c(=O)c1C(=O)OCC. The number of aryl methyl sites for hydroxylation is 1. The highest BCUT2D eigenvalue weighted by Gasteiger charge is 2.17. The Labute approximate surface area is 87.5 Å². The van der Waals surface area contributed by atoms with Gasteiger partial charge >= 0.3 is 5.97 Å². The lowest BCUT2D eigenvalue weighted by molar-refractivity contribution is 0.0522. The molecule has 0 bridgehead atoms.